The van der Waals surface area contributed by atoms with Crippen LogP contribution in [0.3, 0.4) is 0 Å². The van der Waals surface area contributed by atoms with E-state index < -0.39 is 6.85 Å². The molecule has 6 aromatic rings. The number of benzene rings is 4. The van der Waals surface area contributed by atoms with Gasteiger partial charge in [-0.15, -0.1) is 0 Å². The first-order chi connectivity index (χ1) is 20.3. The van der Waals surface area contributed by atoms with Crippen molar-refractivity contribution in [2.75, 3.05) is 0 Å². The van der Waals surface area contributed by atoms with E-state index in [1.165, 1.54) is 17.7 Å². The summed E-state index contributed by atoms with van der Waals surface area (Å²) < 4.78 is 55.6. The maximum atomic E-state index is 15.6. The molecular formula is C36H33FNO+. The first-order valence-corrected chi connectivity index (χ1v) is 13.1. The molecule has 0 aliphatic rings. The number of fused-ring (bicyclic) bond motifs is 3. The summed E-state index contributed by atoms with van der Waals surface area (Å²) >= 11 is 0. The molecule has 0 N–H and O–H groups in total. The van der Waals surface area contributed by atoms with Gasteiger partial charge in [-0.05, 0) is 65.2 Å². The van der Waals surface area contributed by atoms with E-state index in [2.05, 4.69) is 45.0 Å². The zero-order valence-electron chi connectivity index (χ0n) is 26.8. The smallest absolute Gasteiger partial charge is 0.216 e. The lowest BCUT2D eigenvalue weighted by atomic mass is 9.85. The van der Waals surface area contributed by atoms with E-state index in [1.807, 2.05) is 43.3 Å². The Morgan fingerprint density at radius 3 is 2.21 bits per heavy atom. The molecule has 0 saturated carbocycles. The Labute approximate surface area is 235 Å². The molecule has 194 valence electrons. The average molecular weight is 519 g/mol. The summed E-state index contributed by atoms with van der Waals surface area (Å²) in [5.41, 5.74) is 7.78. The molecule has 3 heteroatoms. The molecule has 2 heterocycles. The highest BCUT2D eigenvalue weighted by atomic mass is 19.1. The van der Waals surface area contributed by atoms with E-state index >= 15 is 4.39 Å². The molecule has 0 atom stereocenters. The Kier molecular flexibility index (Phi) is 4.88. The Morgan fingerprint density at radius 1 is 0.795 bits per heavy atom. The minimum atomic E-state index is -2.40. The normalized spacial score (nSPS) is 13.8. The lowest BCUT2D eigenvalue weighted by Crippen LogP contribution is -2.31. The Balaban J connectivity index is 1.51. The van der Waals surface area contributed by atoms with Crippen molar-refractivity contribution in [1.82, 2.24) is 0 Å². The Bertz CT molecular complexity index is 2030. The third-order valence-corrected chi connectivity index (χ3v) is 7.52. The summed E-state index contributed by atoms with van der Waals surface area (Å²) in [7, 11) is 1.68. The maximum absolute atomic E-state index is 15.6. The largest absolute Gasteiger partial charge is 0.454 e. The second-order valence-electron chi connectivity index (χ2n) is 11.2. The fourth-order valence-electron chi connectivity index (χ4n) is 5.36. The van der Waals surface area contributed by atoms with Gasteiger partial charge in [0.15, 0.2) is 6.17 Å². The van der Waals surface area contributed by atoms with Crippen molar-refractivity contribution in [3.8, 4) is 33.5 Å². The Morgan fingerprint density at radius 2 is 1.49 bits per heavy atom. The predicted octanol–water partition coefficient (Wildman–Crippen LogP) is 9.46. The molecular weight excluding hydrogens is 481 g/mol. The van der Waals surface area contributed by atoms with E-state index in [-0.39, 0.29) is 23.0 Å². The number of pyridine rings is 1. The van der Waals surface area contributed by atoms with Gasteiger partial charge in [-0.25, -0.2) is 8.96 Å². The van der Waals surface area contributed by atoms with Crippen molar-refractivity contribution >= 4 is 21.9 Å². The molecule has 0 aliphatic heterocycles. The van der Waals surface area contributed by atoms with E-state index in [9.17, 15) is 0 Å². The van der Waals surface area contributed by atoms with Gasteiger partial charge in [0.2, 0.25) is 5.69 Å². The fourth-order valence-corrected chi connectivity index (χ4v) is 5.36. The number of nitrogens with zero attached hydrogens (tertiary/aromatic N) is 1. The molecule has 39 heavy (non-hydrogen) atoms. The first-order valence-electron chi connectivity index (χ1n) is 15.1. The van der Waals surface area contributed by atoms with Crippen LogP contribution in [0.15, 0.2) is 95.5 Å². The van der Waals surface area contributed by atoms with Crippen LogP contribution in [0, 0.1) is 19.6 Å². The van der Waals surface area contributed by atoms with Crippen molar-refractivity contribution in [2.24, 2.45) is 7.05 Å². The monoisotopic (exact) mass is 518 g/mol. The predicted molar refractivity (Wildman–Crippen MR) is 159 cm³/mol. The minimum Gasteiger partial charge on any atom is -0.454 e. The van der Waals surface area contributed by atoms with Crippen LogP contribution in [0.1, 0.15) is 42.9 Å². The second-order valence-corrected chi connectivity index (χ2v) is 11.2. The van der Waals surface area contributed by atoms with Gasteiger partial charge in [0.1, 0.15) is 25.4 Å². The quantitative estimate of drug-likeness (QED) is 0.213. The molecule has 0 bridgehead atoms. The molecule has 0 radical (unpaired) electrons. The van der Waals surface area contributed by atoms with Crippen LogP contribution in [0.25, 0.3) is 55.4 Å². The van der Waals surface area contributed by atoms with Crippen LogP contribution in [-0.4, -0.2) is 0 Å². The van der Waals surface area contributed by atoms with E-state index in [0.29, 0.717) is 28.0 Å². The summed E-state index contributed by atoms with van der Waals surface area (Å²) in [4.78, 5) is 0. The number of hydrogen-bond acceptors (Lipinski definition) is 1. The van der Waals surface area contributed by atoms with E-state index in [1.54, 1.807) is 23.7 Å². The van der Waals surface area contributed by atoms with Crippen LogP contribution in [0.2, 0.25) is 0 Å². The molecule has 0 aliphatic carbocycles. The zero-order chi connectivity index (χ0) is 30.8. The van der Waals surface area contributed by atoms with Crippen molar-refractivity contribution in [3.63, 3.8) is 0 Å². The topological polar surface area (TPSA) is 17.0 Å². The van der Waals surface area contributed by atoms with Crippen molar-refractivity contribution in [1.29, 1.82) is 0 Å². The van der Waals surface area contributed by atoms with Gasteiger partial charge in [-0.2, -0.15) is 0 Å². The van der Waals surface area contributed by atoms with Gasteiger partial charge in [0.05, 0.1) is 11.1 Å². The molecule has 2 aromatic heterocycles. The highest BCUT2D eigenvalue weighted by Gasteiger charge is 2.23. The van der Waals surface area contributed by atoms with Crippen LogP contribution in [0.4, 0.5) is 4.39 Å². The van der Waals surface area contributed by atoms with Crippen LogP contribution < -0.4 is 4.57 Å². The minimum absolute atomic E-state index is 0.0221. The maximum Gasteiger partial charge on any atom is 0.216 e. The molecule has 2 nitrogen and oxygen atoms in total. The standard InChI is InChI=1S/C36H33FNO/c1-22-10-19-31(38(6)21-22)32-23(2)11-16-28-29-17-18-30(37)33(35(29)39-34(28)32)25-14-12-24(13-15-25)26-8-7-9-27(20-26)36(3,4)5/h7-21H,1-6H3/q+1/i1D3,21D. The van der Waals surface area contributed by atoms with Crippen LogP contribution in [-0.2, 0) is 12.5 Å². The summed E-state index contributed by atoms with van der Waals surface area (Å²) in [6, 6.07) is 26.7. The van der Waals surface area contributed by atoms with Gasteiger partial charge >= 0.3 is 0 Å². The van der Waals surface area contributed by atoms with Crippen LogP contribution >= 0.6 is 0 Å². The van der Waals surface area contributed by atoms with Crippen molar-refractivity contribution in [3.05, 3.63) is 114 Å². The third kappa shape index (κ3) is 4.32. The lowest BCUT2D eigenvalue weighted by Gasteiger charge is -2.20. The molecule has 6 rings (SSSR count). The zero-order valence-corrected chi connectivity index (χ0v) is 22.8. The molecule has 0 fully saturated rings. The summed E-state index contributed by atoms with van der Waals surface area (Å²) in [5.74, 6) is -0.381. The third-order valence-electron chi connectivity index (χ3n) is 7.52. The number of furan rings is 1. The van der Waals surface area contributed by atoms with Gasteiger partial charge in [0, 0.05) is 26.5 Å². The summed E-state index contributed by atoms with van der Waals surface area (Å²) in [5, 5.41) is 1.60. The summed E-state index contributed by atoms with van der Waals surface area (Å²) in [6.45, 7) is 6.12. The van der Waals surface area contributed by atoms with Crippen molar-refractivity contribution in [2.45, 2.75) is 40.0 Å². The molecule has 4 aromatic carbocycles. The SMILES string of the molecule is [2H]c1c(C([2H])([2H])[2H])ccc(-c2c(C)ccc3c2oc2c(-c4ccc(-c5cccc(C(C)(C)C)c5)cc4)c(F)ccc23)[n+]1C. The van der Waals surface area contributed by atoms with Gasteiger partial charge < -0.3 is 4.42 Å². The number of aryl methyl sites for hydroxylation is 2. The first kappa shape index (κ1) is 20.7. The van der Waals surface area contributed by atoms with Gasteiger partial charge in [-0.3, -0.25) is 0 Å². The average Bonchev–Trinajstić information content (AvgIpc) is 3.32. The van der Waals surface area contributed by atoms with Crippen LogP contribution in [0.5, 0.6) is 0 Å². The highest BCUT2D eigenvalue weighted by molar-refractivity contribution is 6.13. The van der Waals surface area contributed by atoms with Gasteiger partial charge in [-0.1, -0.05) is 81.4 Å². The van der Waals surface area contributed by atoms with Gasteiger partial charge in [0.25, 0.3) is 0 Å². The number of hydrogen-bond donors (Lipinski definition) is 0. The fraction of sp³-hybridized carbons (Fsp3) is 0.194. The number of halogens is 1. The second kappa shape index (κ2) is 9.20. The van der Waals surface area contributed by atoms with E-state index in [0.717, 1.165) is 33.0 Å². The molecule has 0 saturated heterocycles. The van der Waals surface area contributed by atoms with Crippen molar-refractivity contribution < 1.29 is 18.9 Å². The Hall–Kier alpha value is -4.24. The lowest BCUT2D eigenvalue weighted by molar-refractivity contribution is -0.660. The van der Waals surface area contributed by atoms with E-state index in [4.69, 9.17) is 9.90 Å². The highest BCUT2D eigenvalue weighted by Crippen LogP contribution is 2.42. The molecule has 0 unspecified atom stereocenters. The number of rotatable bonds is 3. The summed E-state index contributed by atoms with van der Waals surface area (Å²) in [6.07, 6.45) is -0.0927. The number of aromatic nitrogens is 1. The molecule has 0 amide bonds. The molecule has 0 spiro atoms.